The Bertz CT molecular complexity index is 736. The summed E-state index contributed by atoms with van der Waals surface area (Å²) in [5, 5.41) is 10.5. The maximum atomic E-state index is 10.5. The lowest BCUT2D eigenvalue weighted by Gasteiger charge is -2.36. The van der Waals surface area contributed by atoms with Gasteiger partial charge in [-0.2, -0.15) is 0 Å². The molecule has 6 nitrogen and oxygen atoms in total. The Labute approximate surface area is 175 Å². The van der Waals surface area contributed by atoms with E-state index >= 15 is 0 Å². The molecule has 1 aliphatic carbocycles. The van der Waals surface area contributed by atoms with Crippen molar-refractivity contribution in [2.45, 2.75) is 45.4 Å². The molecule has 3 rings (SSSR count). The number of hydrogen-bond donors (Lipinski definition) is 2. The van der Waals surface area contributed by atoms with E-state index in [9.17, 15) is 5.11 Å². The summed E-state index contributed by atoms with van der Waals surface area (Å²) in [7, 11) is 1.89. The van der Waals surface area contributed by atoms with Crippen LogP contribution in [0.5, 0.6) is 11.5 Å². The fourth-order valence-corrected chi connectivity index (χ4v) is 4.38. The molecule has 0 atom stereocenters. The summed E-state index contributed by atoms with van der Waals surface area (Å²) in [5.74, 6) is 0.819. The van der Waals surface area contributed by atoms with Crippen LogP contribution in [0.15, 0.2) is 34.5 Å². The third kappa shape index (κ3) is 5.44. The number of allylic oxidation sites excluding steroid dienone is 2. The van der Waals surface area contributed by atoms with E-state index in [2.05, 4.69) is 14.8 Å². The maximum Gasteiger partial charge on any atom is 0.181 e. The molecule has 6 heteroatoms. The van der Waals surface area contributed by atoms with Gasteiger partial charge in [-0.05, 0) is 69.7 Å². The molecule has 2 aliphatic rings. The minimum atomic E-state index is 0.255. The minimum absolute atomic E-state index is 0.255. The molecule has 0 bridgehead atoms. The second-order valence-electron chi connectivity index (χ2n) is 7.87. The van der Waals surface area contributed by atoms with Crippen molar-refractivity contribution in [2.24, 2.45) is 10.7 Å². The van der Waals surface area contributed by atoms with Crippen LogP contribution in [-0.4, -0.2) is 62.1 Å². The highest BCUT2D eigenvalue weighted by Crippen LogP contribution is 2.36. The van der Waals surface area contributed by atoms with Gasteiger partial charge in [0.25, 0.3) is 0 Å². The van der Waals surface area contributed by atoms with Gasteiger partial charge in [0, 0.05) is 44.6 Å². The van der Waals surface area contributed by atoms with E-state index in [1.165, 1.54) is 24.1 Å². The van der Waals surface area contributed by atoms with E-state index < -0.39 is 0 Å². The summed E-state index contributed by atoms with van der Waals surface area (Å²) < 4.78 is 5.52. The van der Waals surface area contributed by atoms with Gasteiger partial charge in [-0.15, -0.1) is 0 Å². The van der Waals surface area contributed by atoms with E-state index in [1.54, 1.807) is 0 Å². The molecule has 1 heterocycles. The van der Waals surface area contributed by atoms with Crippen molar-refractivity contribution in [2.75, 3.05) is 51.3 Å². The highest BCUT2D eigenvalue weighted by atomic mass is 16.5. The molecule has 1 aromatic rings. The topological polar surface area (TPSA) is 74.3 Å². The normalized spacial score (nSPS) is 19.0. The number of rotatable bonds is 8. The van der Waals surface area contributed by atoms with E-state index in [-0.39, 0.29) is 5.75 Å². The summed E-state index contributed by atoms with van der Waals surface area (Å²) >= 11 is 0. The molecule has 0 amide bonds. The quantitative estimate of drug-likeness (QED) is 0.653. The van der Waals surface area contributed by atoms with Crippen LogP contribution >= 0.6 is 0 Å². The number of phenolic OH excluding ortho intramolecular Hbond substituents is 1. The number of benzene rings is 1. The van der Waals surface area contributed by atoms with Gasteiger partial charge in [0.1, 0.15) is 0 Å². The van der Waals surface area contributed by atoms with Crippen LogP contribution in [0.25, 0.3) is 0 Å². The van der Waals surface area contributed by atoms with Gasteiger partial charge in [-0.25, -0.2) is 0 Å². The second kappa shape index (κ2) is 10.5. The van der Waals surface area contributed by atoms with E-state index in [0.717, 1.165) is 69.8 Å². The van der Waals surface area contributed by atoms with Gasteiger partial charge in [0.05, 0.1) is 12.3 Å². The molecule has 3 N–H and O–H groups in total. The van der Waals surface area contributed by atoms with Crippen molar-refractivity contribution in [1.82, 2.24) is 4.90 Å². The molecule has 160 valence electrons. The highest BCUT2D eigenvalue weighted by Gasteiger charge is 2.21. The Hall–Kier alpha value is -2.21. The van der Waals surface area contributed by atoms with Crippen molar-refractivity contribution in [3.05, 3.63) is 29.5 Å². The summed E-state index contributed by atoms with van der Waals surface area (Å²) in [6, 6.07) is 5.74. The molecular weight excluding hydrogens is 364 g/mol. The summed E-state index contributed by atoms with van der Waals surface area (Å²) in [4.78, 5) is 9.30. The minimum Gasteiger partial charge on any atom is -0.503 e. The summed E-state index contributed by atoms with van der Waals surface area (Å²) in [6.07, 6.45) is 6.65. The van der Waals surface area contributed by atoms with Crippen LogP contribution in [0.3, 0.4) is 0 Å². The van der Waals surface area contributed by atoms with Crippen molar-refractivity contribution >= 4 is 11.4 Å². The average Bonchev–Trinajstić information content (AvgIpc) is 2.74. The van der Waals surface area contributed by atoms with Crippen molar-refractivity contribution in [3.63, 3.8) is 0 Å². The SMILES string of the molecule is CCOc1cccc(N2CCN(CCCC(=NC)C3=C(N)CCCC3)CC2)c1O. The lowest BCUT2D eigenvalue weighted by molar-refractivity contribution is 0.255. The molecule has 1 aliphatic heterocycles. The van der Waals surface area contributed by atoms with Crippen LogP contribution in [0, 0.1) is 0 Å². The number of ether oxygens (including phenoxy) is 1. The number of para-hydroxylation sites is 1. The maximum absolute atomic E-state index is 10.5. The predicted octanol–water partition coefficient (Wildman–Crippen LogP) is 3.55. The van der Waals surface area contributed by atoms with Crippen molar-refractivity contribution in [3.8, 4) is 11.5 Å². The van der Waals surface area contributed by atoms with Crippen LogP contribution in [0.2, 0.25) is 0 Å². The number of aliphatic imine (C=N–C) groups is 1. The first-order valence-corrected chi connectivity index (χ1v) is 11.0. The van der Waals surface area contributed by atoms with Crippen molar-refractivity contribution in [1.29, 1.82) is 0 Å². The number of nitrogens with zero attached hydrogens (tertiary/aromatic N) is 3. The molecule has 29 heavy (non-hydrogen) atoms. The zero-order chi connectivity index (χ0) is 20.6. The van der Waals surface area contributed by atoms with E-state index in [0.29, 0.717) is 12.4 Å². The number of anilines is 1. The van der Waals surface area contributed by atoms with Crippen LogP contribution in [-0.2, 0) is 0 Å². The molecule has 0 radical (unpaired) electrons. The Morgan fingerprint density at radius 2 is 1.93 bits per heavy atom. The van der Waals surface area contributed by atoms with Gasteiger partial charge in [0.15, 0.2) is 11.5 Å². The lowest BCUT2D eigenvalue weighted by Crippen LogP contribution is -2.46. The first-order chi connectivity index (χ1) is 14.1. The highest BCUT2D eigenvalue weighted by molar-refractivity contribution is 6.00. The van der Waals surface area contributed by atoms with Crippen LogP contribution in [0.1, 0.15) is 45.4 Å². The molecule has 0 spiro atoms. The van der Waals surface area contributed by atoms with Crippen LogP contribution in [0.4, 0.5) is 5.69 Å². The largest absolute Gasteiger partial charge is 0.503 e. The Kier molecular flexibility index (Phi) is 7.81. The van der Waals surface area contributed by atoms with Gasteiger partial charge < -0.3 is 20.5 Å². The Balaban J connectivity index is 1.47. The number of piperazine rings is 1. The first kappa shape index (κ1) is 21.5. The smallest absolute Gasteiger partial charge is 0.181 e. The van der Waals surface area contributed by atoms with E-state index in [4.69, 9.17) is 10.5 Å². The van der Waals surface area contributed by atoms with Gasteiger partial charge in [-0.3, -0.25) is 9.89 Å². The molecule has 1 saturated heterocycles. The number of aromatic hydroxyl groups is 1. The first-order valence-electron chi connectivity index (χ1n) is 11.0. The third-order valence-electron chi connectivity index (χ3n) is 6.01. The number of nitrogens with two attached hydrogens (primary N) is 1. The molecule has 1 aromatic carbocycles. The Morgan fingerprint density at radius 1 is 1.17 bits per heavy atom. The number of hydrogen-bond acceptors (Lipinski definition) is 6. The lowest BCUT2D eigenvalue weighted by atomic mass is 9.91. The molecular formula is C23H36N4O2. The van der Waals surface area contributed by atoms with Gasteiger partial charge >= 0.3 is 0 Å². The Morgan fingerprint density at radius 3 is 2.62 bits per heavy atom. The fourth-order valence-electron chi connectivity index (χ4n) is 4.38. The summed E-state index contributed by atoms with van der Waals surface area (Å²) in [5.41, 5.74) is 10.7. The average molecular weight is 401 g/mol. The standard InChI is InChI=1S/C23H36N4O2/c1-3-29-22-12-6-11-21(23(22)28)27-16-14-26(15-17-27)13-7-10-20(25-2)18-8-4-5-9-19(18)24/h6,11-12,28H,3-5,7-10,13-17,24H2,1-2H3. The monoisotopic (exact) mass is 400 g/mol. The van der Waals surface area contributed by atoms with Gasteiger partial charge in [0.2, 0.25) is 0 Å². The molecule has 0 saturated carbocycles. The second-order valence-corrected chi connectivity index (χ2v) is 7.87. The zero-order valence-electron chi connectivity index (χ0n) is 18.0. The van der Waals surface area contributed by atoms with Gasteiger partial charge in [-0.1, -0.05) is 6.07 Å². The fraction of sp³-hybridized carbons (Fsp3) is 0.609. The van der Waals surface area contributed by atoms with Crippen molar-refractivity contribution < 1.29 is 9.84 Å². The third-order valence-corrected chi connectivity index (χ3v) is 6.01. The predicted molar refractivity (Wildman–Crippen MR) is 120 cm³/mol. The summed E-state index contributed by atoms with van der Waals surface area (Å²) in [6.45, 7) is 7.38. The van der Waals surface area contributed by atoms with E-state index in [1.807, 2.05) is 32.2 Å². The van der Waals surface area contributed by atoms with Crippen LogP contribution < -0.4 is 15.4 Å². The molecule has 0 aromatic heterocycles. The molecule has 0 unspecified atom stereocenters. The number of phenols is 1. The zero-order valence-corrected chi connectivity index (χ0v) is 18.0. The molecule has 1 fully saturated rings.